The van der Waals surface area contributed by atoms with Crippen LogP contribution in [0.5, 0.6) is 0 Å². The van der Waals surface area contributed by atoms with E-state index in [4.69, 9.17) is 5.11 Å². The van der Waals surface area contributed by atoms with Gasteiger partial charge < -0.3 is 5.11 Å². The molecule has 136 valence electrons. The molecule has 0 atom stereocenters. The van der Waals surface area contributed by atoms with E-state index in [1.165, 1.54) is 18.2 Å². The minimum atomic E-state index is -3.41. The summed E-state index contributed by atoms with van der Waals surface area (Å²) in [5.41, 5.74) is 2.64. The normalized spacial score (nSPS) is 11.7. The first-order chi connectivity index (χ1) is 12.4. The van der Waals surface area contributed by atoms with Crippen LogP contribution in [0.15, 0.2) is 59.6 Å². The van der Waals surface area contributed by atoms with Gasteiger partial charge in [-0.15, -0.1) is 0 Å². The average molecular weight is 374 g/mol. The molecular formula is C19H19FN2O3S. The summed E-state index contributed by atoms with van der Waals surface area (Å²) in [7, 11) is -3.41. The molecular weight excluding hydrogens is 355 g/mol. The molecule has 0 fully saturated rings. The number of aryl methyl sites for hydroxylation is 1. The van der Waals surface area contributed by atoms with Gasteiger partial charge in [-0.2, -0.15) is 5.10 Å². The van der Waals surface area contributed by atoms with E-state index in [0.717, 1.165) is 11.3 Å². The molecule has 0 bridgehead atoms. The van der Waals surface area contributed by atoms with E-state index in [2.05, 4.69) is 5.10 Å². The second-order valence-electron chi connectivity index (χ2n) is 5.98. The highest BCUT2D eigenvalue weighted by Crippen LogP contribution is 2.25. The molecule has 0 aliphatic rings. The Balaban J connectivity index is 1.94. The molecule has 0 aliphatic heterocycles. The lowest BCUT2D eigenvalue weighted by molar-refractivity contribution is 0.295. The van der Waals surface area contributed by atoms with Gasteiger partial charge in [-0.1, -0.05) is 18.2 Å². The topological polar surface area (TPSA) is 72.2 Å². The Bertz CT molecular complexity index is 1010. The van der Waals surface area contributed by atoms with E-state index in [1.54, 1.807) is 48.1 Å². The van der Waals surface area contributed by atoms with Crippen molar-refractivity contribution >= 4 is 9.84 Å². The van der Waals surface area contributed by atoms with Crippen molar-refractivity contribution in [3.05, 3.63) is 66.1 Å². The quantitative estimate of drug-likeness (QED) is 0.719. The molecule has 0 saturated carbocycles. The number of rotatable bonds is 6. The van der Waals surface area contributed by atoms with Crippen molar-refractivity contribution in [3.8, 4) is 16.9 Å². The van der Waals surface area contributed by atoms with E-state index < -0.39 is 9.84 Å². The zero-order valence-electron chi connectivity index (χ0n) is 14.3. The lowest BCUT2D eigenvalue weighted by Gasteiger charge is -2.10. The zero-order valence-corrected chi connectivity index (χ0v) is 15.1. The summed E-state index contributed by atoms with van der Waals surface area (Å²) < 4.78 is 39.8. The van der Waals surface area contributed by atoms with Crippen molar-refractivity contribution < 1.29 is 17.9 Å². The summed E-state index contributed by atoms with van der Waals surface area (Å²) >= 11 is 0. The van der Waals surface area contributed by atoms with Crippen LogP contribution in [0.2, 0.25) is 0 Å². The van der Waals surface area contributed by atoms with E-state index in [-0.39, 0.29) is 29.5 Å². The second kappa shape index (κ2) is 7.39. The predicted octanol–water partition coefficient (Wildman–Crippen LogP) is 3.14. The van der Waals surface area contributed by atoms with E-state index in [0.29, 0.717) is 11.3 Å². The SMILES string of the molecule is Cc1ccc(-n2nccc2-c2ccc(S(=O)(=O)CCCO)cc2)cc1F. The molecule has 0 amide bonds. The average Bonchev–Trinajstić information content (AvgIpc) is 3.12. The molecule has 0 spiro atoms. The van der Waals surface area contributed by atoms with Crippen LogP contribution in [0.4, 0.5) is 4.39 Å². The van der Waals surface area contributed by atoms with Crippen LogP contribution in [0, 0.1) is 12.7 Å². The van der Waals surface area contributed by atoms with Gasteiger partial charge in [0.15, 0.2) is 9.84 Å². The van der Waals surface area contributed by atoms with Gasteiger partial charge in [0.05, 0.1) is 28.2 Å². The summed E-state index contributed by atoms with van der Waals surface area (Å²) in [5.74, 6) is -0.405. The van der Waals surface area contributed by atoms with Gasteiger partial charge in [0.1, 0.15) is 5.82 Å². The van der Waals surface area contributed by atoms with Crippen LogP contribution >= 0.6 is 0 Å². The number of sulfone groups is 1. The highest BCUT2D eigenvalue weighted by Gasteiger charge is 2.15. The minimum absolute atomic E-state index is 0.0938. The Hall–Kier alpha value is -2.51. The first kappa shape index (κ1) is 18.3. The summed E-state index contributed by atoms with van der Waals surface area (Å²) in [6.45, 7) is 1.53. The standard InChI is InChI=1S/C19H19FN2O3S/c1-14-3-6-16(13-18(14)20)22-19(9-10-21-22)15-4-7-17(8-5-15)26(24,25)12-2-11-23/h3-10,13,23H,2,11-12H2,1H3. The molecule has 7 heteroatoms. The Labute approximate surface area is 151 Å². The lowest BCUT2D eigenvalue weighted by atomic mass is 10.1. The maximum Gasteiger partial charge on any atom is 0.178 e. The van der Waals surface area contributed by atoms with Gasteiger partial charge >= 0.3 is 0 Å². The summed E-state index contributed by atoms with van der Waals surface area (Å²) in [6.07, 6.45) is 1.81. The van der Waals surface area contributed by atoms with Crippen molar-refractivity contribution in [2.75, 3.05) is 12.4 Å². The smallest absolute Gasteiger partial charge is 0.178 e. The van der Waals surface area contributed by atoms with Crippen molar-refractivity contribution in [2.45, 2.75) is 18.2 Å². The highest BCUT2D eigenvalue weighted by atomic mass is 32.2. The van der Waals surface area contributed by atoms with E-state index >= 15 is 0 Å². The van der Waals surface area contributed by atoms with Gasteiger partial charge in [-0.3, -0.25) is 0 Å². The fourth-order valence-corrected chi connectivity index (χ4v) is 3.94. The molecule has 3 aromatic rings. The van der Waals surface area contributed by atoms with Crippen molar-refractivity contribution in [1.29, 1.82) is 0 Å². The van der Waals surface area contributed by atoms with Crippen LogP contribution < -0.4 is 0 Å². The molecule has 0 radical (unpaired) electrons. The van der Waals surface area contributed by atoms with Crippen LogP contribution in [0.25, 0.3) is 16.9 Å². The molecule has 3 rings (SSSR count). The Morgan fingerprint density at radius 1 is 1.12 bits per heavy atom. The molecule has 1 heterocycles. The van der Waals surface area contributed by atoms with Crippen molar-refractivity contribution in [3.63, 3.8) is 0 Å². The van der Waals surface area contributed by atoms with Gasteiger partial charge in [0.2, 0.25) is 0 Å². The first-order valence-corrected chi connectivity index (χ1v) is 9.82. The Morgan fingerprint density at radius 2 is 1.85 bits per heavy atom. The van der Waals surface area contributed by atoms with Crippen LogP contribution in [0.3, 0.4) is 0 Å². The number of aliphatic hydroxyl groups excluding tert-OH is 1. The Kier molecular flexibility index (Phi) is 5.20. The van der Waals surface area contributed by atoms with E-state index in [9.17, 15) is 12.8 Å². The van der Waals surface area contributed by atoms with Gasteiger partial charge in [-0.25, -0.2) is 17.5 Å². The first-order valence-electron chi connectivity index (χ1n) is 8.17. The van der Waals surface area contributed by atoms with Crippen molar-refractivity contribution in [1.82, 2.24) is 9.78 Å². The molecule has 5 nitrogen and oxygen atoms in total. The predicted molar refractivity (Wildman–Crippen MR) is 97.5 cm³/mol. The highest BCUT2D eigenvalue weighted by molar-refractivity contribution is 7.91. The summed E-state index contributed by atoms with van der Waals surface area (Å²) in [5, 5.41) is 13.1. The molecule has 0 aliphatic carbocycles. The number of hydrogen-bond acceptors (Lipinski definition) is 4. The fraction of sp³-hybridized carbons (Fsp3) is 0.211. The number of halogens is 1. The van der Waals surface area contributed by atoms with Gasteiger partial charge in [-0.05, 0) is 49.2 Å². The largest absolute Gasteiger partial charge is 0.396 e. The number of nitrogens with zero attached hydrogens (tertiary/aromatic N) is 2. The molecule has 0 saturated heterocycles. The van der Waals surface area contributed by atoms with Crippen LogP contribution in [-0.4, -0.2) is 35.7 Å². The van der Waals surface area contributed by atoms with Gasteiger partial charge in [0, 0.05) is 12.2 Å². The molecule has 2 aromatic carbocycles. The molecule has 1 aromatic heterocycles. The summed E-state index contributed by atoms with van der Waals surface area (Å²) in [4.78, 5) is 0.210. The fourth-order valence-electron chi connectivity index (χ4n) is 2.65. The third-order valence-electron chi connectivity index (χ3n) is 4.12. The summed E-state index contributed by atoms with van der Waals surface area (Å²) in [6, 6.07) is 13.1. The maximum atomic E-state index is 13.9. The van der Waals surface area contributed by atoms with Crippen molar-refractivity contribution in [2.24, 2.45) is 0 Å². The maximum absolute atomic E-state index is 13.9. The minimum Gasteiger partial charge on any atom is -0.396 e. The molecule has 0 unspecified atom stereocenters. The van der Waals surface area contributed by atoms with Crippen LogP contribution in [-0.2, 0) is 9.84 Å². The third kappa shape index (κ3) is 3.68. The van der Waals surface area contributed by atoms with E-state index in [1.807, 2.05) is 0 Å². The number of benzene rings is 2. The third-order valence-corrected chi connectivity index (χ3v) is 5.94. The van der Waals surface area contributed by atoms with Crippen LogP contribution in [0.1, 0.15) is 12.0 Å². The molecule has 1 N–H and O–H groups in total. The Morgan fingerprint density at radius 3 is 2.50 bits per heavy atom. The lowest BCUT2D eigenvalue weighted by Crippen LogP contribution is -2.08. The number of hydrogen-bond donors (Lipinski definition) is 1. The van der Waals surface area contributed by atoms with Gasteiger partial charge in [0.25, 0.3) is 0 Å². The molecule has 26 heavy (non-hydrogen) atoms. The number of aliphatic hydroxyl groups is 1. The second-order valence-corrected chi connectivity index (χ2v) is 8.09. The number of aromatic nitrogens is 2. The monoisotopic (exact) mass is 374 g/mol. The zero-order chi connectivity index (χ0) is 18.7.